The van der Waals surface area contributed by atoms with Gasteiger partial charge < -0.3 is 19.7 Å². The Morgan fingerprint density at radius 2 is 2.00 bits per heavy atom. The van der Waals surface area contributed by atoms with Crippen LogP contribution in [0.1, 0.15) is 29.8 Å². The molecular formula is C23H26N2O3. The van der Waals surface area contributed by atoms with Gasteiger partial charge >= 0.3 is 0 Å². The van der Waals surface area contributed by atoms with E-state index in [2.05, 4.69) is 37.1 Å². The summed E-state index contributed by atoms with van der Waals surface area (Å²) in [6.45, 7) is 4.64. The van der Waals surface area contributed by atoms with Crippen LogP contribution in [0.3, 0.4) is 0 Å². The van der Waals surface area contributed by atoms with E-state index in [1.54, 1.807) is 6.07 Å². The lowest BCUT2D eigenvalue weighted by atomic mass is 10.0. The SMILES string of the molecule is CN(C)c1cccc(C(=O)NCC#CCOc2cccc3c2OC(C)(C)C3)c1. The second-order valence-electron chi connectivity index (χ2n) is 7.55. The van der Waals surface area contributed by atoms with Gasteiger partial charge in [0.2, 0.25) is 0 Å². The normalized spacial score (nSPS) is 13.6. The lowest BCUT2D eigenvalue weighted by Gasteiger charge is -2.17. The van der Waals surface area contributed by atoms with Gasteiger partial charge in [-0.3, -0.25) is 4.79 Å². The van der Waals surface area contributed by atoms with Gasteiger partial charge in [-0.05, 0) is 38.1 Å². The number of nitrogens with zero attached hydrogens (tertiary/aromatic N) is 1. The number of anilines is 1. The molecule has 0 aliphatic carbocycles. The van der Waals surface area contributed by atoms with E-state index in [1.165, 1.54) is 0 Å². The molecule has 0 atom stereocenters. The monoisotopic (exact) mass is 378 g/mol. The van der Waals surface area contributed by atoms with Crippen LogP contribution in [-0.4, -0.2) is 38.8 Å². The highest BCUT2D eigenvalue weighted by atomic mass is 16.5. The maximum atomic E-state index is 12.2. The van der Waals surface area contributed by atoms with Crippen LogP contribution < -0.4 is 19.7 Å². The van der Waals surface area contributed by atoms with E-state index in [4.69, 9.17) is 9.47 Å². The van der Waals surface area contributed by atoms with Crippen molar-refractivity contribution < 1.29 is 14.3 Å². The number of amides is 1. The summed E-state index contributed by atoms with van der Waals surface area (Å²) in [7, 11) is 3.88. The number of ether oxygens (including phenoxy) is 2. The van der Waals surface area contributed by atoms with Crippen LogP contribution in [-0.2, 0) is 6.42 Å². The van der Waals surface area contributed by atoms with E-state index in [0.29, 0.717) is 11.3 Å². The average molecular weight is 378 g/mol. The molecule has 1 aliphatic heterocycles. The van der Waals surface area contributed by atoms with Gasteiger partial charge in [-0.2, -0.15) is 0 Å². The van der Waals surface area contributed by atoms with Crippen molar-refractivity contribution in [2.75, 3.05) is 32.1 Å². The topological polar surface area (TPSA) is 50.8 Å². The molecule has 0 saturated carbocycles. The van der Waals surface area contributed by atoms with Crippen LogP contribution in [0, 0.1) is 11.8 Å². The minimum atomic E-state index is -0.207. The lowest BCUT2D eigenvalue weighted by Crippen LogP contribution is -2.24. The van der Waals surface area contributed by atoms with Crippen LogP contribution in [0.15, 0.2) is 42.5 Å². The van der Waals surface area contributed by atoms with Crippen molar-refractivity contribution in [3.05, 3.63) is 53.6 Å². The first kappa shape index (κ1) is 19.6. The van der Waals surface area contributed by atoms with Gasteiger partial charge in [-0.1, -0.05) is 30.0 Å². The number of carbonyl (C=O) groups is 1. The number of benzene rings is 2. The van der Waals surface area contributed by atoms with E-state index in [1.807, 2.05) is 49.3 Å². The number of hydrogen-bond acceptors (Lipinski definition) is 4. The molecule has 0 radical (unpaired) electrons. The molecule has 0 aromatic heterocycles. The number of fused-ring (bicyclic) bond motifs is 1. The van der Waals surface area contributed by atoms with E-state index >= 15 is 0 Å². The summed E-state index contributed by atoms with van der Waals surface area (Å²) in [5.41, 5.74) is 2.54. The zero-order valence-corrected chi connectivity index (χ0v) is 16.8. The smallest absolute Gasteiger partial charge is 0.252 e. The fraction of sp³-hybridized carbons (Fsp3) is 0.348. The summed E-state index contributed by atoms with van der Waals surface area (Å²) < 4.78 is 11.7. The van der Waals surface area contributed by atoms with Gasteiger partial charge in [-0.25, -0.2) is 0 Å². The van der Waals surface area contributed by atoms with E-state index in [9.17, 15) is 4.79 Å². The van der Waals surface area contributed by atoms with Gasteiger partial charge in [0.1, 0.15) is 12.2 Å². The minimum Gasteiger partial charge on any atom is -0.483 e. The molecular weight excluding hydrogens is 352 g/mol. The van der Waals surface area contributed by atoms with Crippen molar-refractivity contribution in [3.63, 3.8) is 0 Å². The molecule has 0 unspecified atom stereocenters. The van der Waals surface area contributed by atoms with Crippen molar-refractivity contribution in [2.24, 2.45) is 0 Å². The van der Waals surface area contributed by atoms with Crippen molar-refractivity contribution in [1.29, 1.82) is 0 Å². The lowest BCUT2D eigenvalue weighted by molar-refractivity contribution is 0.0958. The minimum absolute atomic E-state index is 0.143. The maximum absolute atomic E-state index is 12.2. The molecule has 3 rings (SSSR count). The summed E-state index contributed by atoms with van der Waals surface area (Å²) in [6, 6.07) is 13.4. The van der Waals surface area contributed by atoms with Gasteiger partial charge in [0, 0.05) is 37.3 Å². The van der Waals surface area contributed by atoms with Crippen molar-refractivity contribution in [3.8, 4) is 23.3 Å². The zero-order valence-electron chi connectivity index (χ0n) is 16.8. The highest BCUT2D eigenvalue weighted by molar-refractivity contribution is 5.95. The molecule has 0 saturated heterocycles. The standard InChI is InChI=1S/C23H26N2O3/c1-23(2)16-18-10-8-12-20(21(18)28-23)27-14-6-5-13-24-22(26)17-9-7-11-19(15-17)25(3)4/h7-12,15H,13-14,16H2,1-4H3,(H,24,26). The van der Waals surface area contributed by atoms with Crippen LogP contribution in [0.5, 0.6) is 11.5 Å². The Bertz CT molecular complexity index is 923. The van der Waals surface area contributed by atoms with Crippen LogP contribution in [0.2, 0.25) is 0 Å². The molecule has 2 aromatic carbocycles. The third-order valence-corrected chi connectivity index (χ3v) is 4.44. The molecule has 146 valence electrons. The number of hydrogen-bond donors (Lipinski definition) is 1. The first-order valence-electron chi connectivity index (χ1n) is 9.31. The first-order chi connectivity index (χ1) is 13.4. The van der Waals surface area contributed by atoms with E-state index in [0.717, 1.165) is 23.4 Å². The molecule has 2 aromatic rings. The highest BCUT2D eigenvalue weighted by Crippen LogP contribution is 2.41. The quantitative estimate of drug-likeness (QED) is 0.812. The van der Waals surface area contributed by atoms with E-state index in [-0.39, 0.29) is 24.7 Å². The van der Waals surface area contributed by atoms with Gasteiger partial charge in [-0.15, -0.1) is 0 Å². The molecule has 1 heterocycles. The third kappa shape index (κ3) is 4.77. The molecule has 1 N–H and O–H groups in total. The maximum Gasteiger partial charge on any atom is 0.252 e. The number of nitrogens with one attached hydrogen (secondary N) is 1. The number of para-hydroxylation sites is 1. The molecule has 0 bridgehead atoms. The fourth-order valence-electron chi connectivity index (χ4n) is 3.08. The van der Waals surface area contributed by atoms with Gasteiger partial charge in [0.25, 0.3) is 5.91 Å². The number of rotatable bonds is 5. The molecule has 1 amide bonds. The Labute approximate surface area is 166 Å². The largest absolute Gasteiger partial charge is 0.483 e. The molecule has 1 aliphatic rings. The summed E-state index contributed by atoms with van der Waals surface area (Å²) in [4.78, 5) is 14.2. The number of carbonyl (C=O) groups excluding carboxylic acids is 1. The van der Waals surface area contributed by atoms with Crippen LogP contribution in [0.25, 0.3) is 0 Å². The molecule has 0 fully saturated rings. The Kier molecular flexibility index (Phi) is 5.79. The summed E-state index contributed by atoms with van der Waals surface area (Å²) in [6.07, 6.45) is 0.867. The first-order valence-corrected chi connectivity index (χ1v) is 9.31. The predicted molar refractivity (Wildman–Crippen MR) is 111 cm³/mol. The second kappa shape index (κ2) is 8.26. The van der Waals surface area contributed by atoms with Gasteiger partial charge in [0.05, 0.1) is 6.54 Å². The zero-order chi connectivity index (χ0) is 20.1. The Morgan fingerprint density at radius 1 is 1.21 bits per heavy atom. The Morgan fingerprint density at radius 3 is 2.79 bits per heavy atom. The third-order valence-electron chi connectivity index (χ3n) is 4.44. The Hall–Kier alpha value is -3.13. The predicted octanol–water partition coefficient (Wildman–Crippen LogP) is 3.28. The van der Waals surface area contributed by atoms with E-state index < -0.39 is 0 Å². The summed E-state index contributed by atoms with van der Waals surface area (Å²) in [5.74, 6) is 7.23. The van der Waals surface area contributed by atoms with Crippen LogP contribution in [0.4, 0.5) is 5.69 Å². The second-order valence-corrected chi connectivity index (χ2v) is 7.55. The molecule has 5 nitrogen and oxygen atoms in total. The highest BCUT2D eigenvalue weighted by Gasteiger charge is 2.32. The van der Waals surface area contributed by atoms with Crippen molar-refractivity contribution in [1.82, 2.24) is 5.32 Å². The summed E-state index contributed by atoms with van der Waals surface area (Å²) in [5, 5.41) is 2.80. The molecule has 28 heavy (non-hydrogen) atoms. The molecule has 5 heteroatoms. The fourth-order valence-corrected chi connectivity index (χ4v) is 3.08. The van der Waals surface area contributed by atoms with Crippen LogP contribution >= 0.6 is 0 Å². The Balaban J connectivity index is 1.49. The van der Waals surface area contributed by atoms with Crippen molar-refractivity contribution in [2.45, 2.75) is 25.9 Å². The average Bonchev–Trinajstić information content (AvgIpc) is 2.99. The van der Waals surface area contributed by atoms with Crippen molar-refractivity contribution >= 4 is 11.6 Å². The molecule has 0 spiro atoms. The van der Waals surface area contributed by atoms with Gasteiger partial charge in [0.15, 0.2) is 11.5 Å². The summed E-state index contributed by atoms with van der Waals surface area (Å²) >= 11 is 0.